The van der Waals surface area contributed by atoms with Gasteiger partial charge in [0.15, 0.2) is 0 Å². The number of hydrogen-bond donors (Lipinski definition) is 1. The Bertz CT molecular complexity index is 1050. The Morgan fingerprint density at radius 3 is 2.33 bits per heavy atom. The maximum absolute atomic E-state index is 6.17. The molecule has 4 rings (SSSR count). The number of nitrogens with zero attached hydrogens (tertiary/aromatic N) is 1. The number of nitrogens with one attached hydrogen (secondary N) is 1. The second kappa shape index (κ2) is 7.81. The SMILES string of the molecule is Cc1cc(N[C@@H](Cc2ccccc2)c2ccccc2)nc2cc(Cl)ccc12. The fourth-order valence-electron chi connectivity index (χ4n) is 3.42. The number of aryl methyl sites for hydroxylation is 1. The van der Waals surface area contributed by atoms with Crippen LogP contribution in [0.25, 0.3) is 10.9 Å². The topological polar surface area (TPSA) is 24.9 Å². The van der Waals surface area contributed by atoms with Gasteiger partial charge in [-0.05, 0) is 48.2 Å². The molecule has 1 N–H and O–H groups in total. The van der Waals surface area contributed by atoms with Crippen LogP contribution in [0.15, 0.2) is 84.9 Å². The Morgan fingerprint density at radius 1 is 0.889 bits per heavy atom. The number of hydrogen-bond acceptors (Lipinski definition) is 2. The predicted molar refractivity (Wildman–Crippen MR) is 114 cm³/mol. The highest BCUT2D eigenvalue weighted by Gasteiger charge is 2.14. The van der Waals surface area contributed by atoms with E-state index in [0.717, 1.165) is 23.1 Å². The molecule has 0 spiro atoms. The molecular formula is C24H21ClN2. The molecule has 1 aromatic heterocycles. The second-order valence-corrected chi connectivity index (χ2v) is 7.22. The van der Waals surface area contributed by atoms with E-state index < -0.39 is 0 Å². The zero-order chi connectivity index (χ0) is 18.6. The molecule has 1 heterocycles. The Hall–Kier alpha value is -2.84. The van der Waals surface area contributed by atoms with Gasteiger partial charge in [-0.25, -0.2) is 4.98 Å². The molecule has 0 unspecified atom stereocenters. The van der Waals surface area contributed by atoms with E-state index in [1.54, 1.807) is 0 Å². The van der Waals surface area contributed by atoms with Gasteiger partial charge in [-0.2, -0.15) is 0 Å². The molecule has 27 heavy (non-hydrogen) atoms. The van der Waals surface area contributed by atoms with Crippen molar-refractivity contribution < 1.29 is 0 Å². The first-order chi connectivity index (χ1) is 13.2. The van der Waals surface area contributed by atoms with Gasteiger partial charge in [-0.15, -0.1) is 0 Å². The summed E-state index contributed by atoms with van der Waals surface area (Å²) in [7, 11) is 0. The molecule has 0 radical (unpaired) electrons. The fraction of sp³-hybridized carbons (Fsp3) is 0.125. The van der Waals surface area contributed by atoms with Gasteiger partial charge >= 0.3 is 0 Å². The lowest BCUT2D eigenvalue weighted by Crippen LogP contribution is -2.14. The van der Waals surface area contributed by atoms with Crippen molar-refractivity contribution in [1.29, 1.82) is 0 Å². The van der Waals surface area contributed by atoms with Gasteiger partial charge in [0.2, 0.25) is 0 Å². The molecular weight excluding hydrogens is 352 g/mol. The third-order valence-electron chi connectivity index (χ3n) is 4.79. The van der Waals surface area contributed by atoms with Gasteiger partial charge in [0.05, 0.1) is 11.6 Å². The van der Waals surface area contributed by atoms with Gasteiger partial charge in [0.25, 0.3) is 0 Å². The largest absolute Gasteiger partial charge is 0.363 e. The number of halogens is 1. The van der Waals surface area contributed by atoms with Crippen LogP contribution in [-0.4, -0.2) is 4.98 Å². The molecule has 3 heteroatoms. The van der Waals surface area contributed by atoms with Gasteiger partial charge < -0.3 is 5.32 Å². The van der Waals surface area contributed by atoms with E-state index in [1.165, 1.54) is 16.7 Å². The average molecular weight is 373 g/mol. The van der Waals surface area contributed by atoms with Crippen molar-refractivity contribution in [3.63, 3.8) is 0 Å². The molecule has 1 atom stereocenters. The Balaban J connectivity index is 1.70. The van der Waals surface area contributed by atoms with Crippen molar-refractivity contribution in [2.45, 2.75) is 19.4 Å². The van der Waals surface area contributed by atoms with Gasteiger partial charge in [-0.3, -0.25) is 0 Å². The minimum absolute atomic E-state index is 0.136. The van der Waals surface area contributed by atoms with Crippen molar-refractivity contribution in [2.75, 3.05) is 5.32 Å². The van der Waals surface area contributed by atoms with Gasteiger partial charge in [-0.1, -0.05) is 78.3 Å². The molecule has 0 saturated heterocycles. The summed E-state index contributed by atoms with van der Waals surface area (Å²) < 4.78 is 0. The highest BCUT2D eigenvalue weighted by molar-refractivity contribution is 6.31. The van der Waals surface area contributed by atoms with Crippen LogP contribution in [0.1, 0.15) is 22.7 Å². The normalized spacial score (nSPS) is 12.1. The van der Waals surface area contributed by atoms with Gasteiger partial charge in [0, 0.05) is 10.4 Å². The Morgan fingerprint density at radius 2 is 1.59 bits per heavy atom. The van der Waals surface area contributed by atoms with Crippen LogP contribution in [0.4, 0.5) is 5.82 Å². The van der Waals surface area contributed by atoms with Crippen LogP contribution in [0.5, 0.6) is 0 Å². The number of rotatable bonds is 5. The van der Waals surface area contributed by atoms with Crippen LogP contribution >= 0.6 is 11.6 Å². The molecule has 4 aromatic rings. The highest BCUT2D eigenvalue weighted by atomic mass is 35.5. The molecule has 0 fully saturated rings. The fourth-order valence-corrected chi connectivity index (χ4v) is 3.58. The van der Waals surface area contributed by atoms with Crippen LogP contribution in [-0.2, 0) is 6.42 Å². The Labute approximate surface area is 164 Å². The van der Waals surface area contributed by atoms with Gasteiger partial charge in [0.1, 0.15) is 5.82 Å². The minimum atomic E-state index is 0.136. The zero-order valence-electron chi connectivity index (χ0n) is 15.2. The quantitative estimate of drug-likeness (QED) is 0.427. The first-order valence-corrected chi connectivity index (χ1v) is 9.49. The van der Waals surface area contributed by atoms with E-state index in [0.29, 0.717) is 5.02 Å². The summed E-state index contributed by atoms with van der Waals surface area (Å²) in [6, 6.07) is 29.2. The molecule has 0 amide bonds. The molecule has 0 aliphatic heterocycles. The van der Waals surface area contributed by atoms with E-state index in [-0.39, 0.29) is 6.04 Å². The van der Waals surface area contributed by atoms with Crippen LogP contribution in [0.2, 0.25) is 5.02 Å². The third kappa shape index (κ3) is 4.12. The number of fused-ring (bicyclic) bond motifs is 1. The van der Waals surface area contributed by atoms with Crippen LogP contribution in [0.3, 0.4) is 0 Å². The van der Waals surface area contributed by atoms with E-state index in [1.807, 2.05) is 30.3 Å². The van der Waals surface area contributed by atoms with E-state index in [4.69, 9.17) is 16.6 Å². The lowest BCUT2D eigenvalue weighted by molar-refractivity contribution is 0.771. The molecule has 134 valence electrons. The minimum Gasteiger partial charge on any atom is -0.363 e. The Kier molecular flexibility index (Phi) is 5.08. The first-order valence-electron chi connectivity index (χ1n) is 9.11. The second-order valence-electron chi connectivity index (χ2n) is 6.78. The lowest BCUT2D eigenvalue weighted by atomic mass is 9.98. The summed E-state index contributed by atoms with van der Waals surface area (Å²) in [5.41, 5.74) is 4.63. The monoisotopic (exact) mass is 372 g/mol. The van der Waals surface area contributed by atoms with Crippen molar-refractivity contribution in [3.8, 4) is 0 Å². The smallest absolute Gasteiger partial charge is 0.127 e. The number of benzene rings is 3. The lowest BCUT2D eigenvalue weighted by Gasteiger charge is -2.21. The van der Waals surface area contributed by atoms with Crippen molar-refractivity contribution in [3.05, 3.63) is 107 Å². The van der Waals surface area contributed by atoms with Crippen LogP contribution < -0.4 is 5.32 Å². The predicted octanol–water partition coefficient (Wildman–Crippen LogP) is 6.59. The average Bonchev–Trinajstić information content (AvgIpc) is 2.68. The molecule has 0 saturated carbocycles. The van der Waals surface area contributed by atoms with E-state index >= 15 is 0 Å². The molecule has 0 aliphatic carbocycles. The van der Waals surface area contributed by atoms with E-state index in [2.05, 4.69) is 66.8 Å². The summed E-state index contributed by atoms with van der Waals surface area (Å²) in [5, 5.41) is 5.48. The first kappa shape index (κ1) is 17.6. The number of anilines is 1. The summed E-state index contributed by atoms with van der Waals surface area (Å²) in [4.78, 5) is 4.81. The summed E-state index contributed by atoms with van der Waals surface area (Å²) in [5.74, 6) is 0.868. The summed E-state index contributed by atoms with van der Waals surface area (Å²) in [6.45, 7) is 2.11. The van der Waals surface area contributed by atoms with E-state index in [9.17, 15) is 0 Å². The van der Waals surface area contributed by atoms with Crippen molar-refractivity contribution >= 4 is 28.3 Å². The number of pyridine rings is 1. The summed E-state index contributed by atoms with van der Waals surface area (Å²) >= 11 is 6.17. The number of aromatic nitrogens is 1. The standard InChI is InChI=1S/C24H21ClN2/c1-17-14-24(27-23-16-20(25)12-13-21(17)23)26-22(19-10-6-3-7-11-19)15-18-8-4-2-5-9-18/h2-14,16,22H,15H2,1H3,(H,26,27)/t22-/m0/s1. The molecule has 0 bridgehead atoms. The summed E-state index contributed by atoms with van der Waals surface area (Å²) in [6.07, 6.45) is 0.888. The van der Waals surface area contributed by atoms with Crippen LogP contribution in [0, 0.1) is 6.92 Å². The molecule has 3 aromatic carbocycles. The third-order valence-corrected chi connectivity index (χ3v) is 5.02. The van der Waals surface area contributed by atoms with Crippen molar-refractivity contribution in [1.82, 2.24) is 4.98 Å². The maximum Gasteiger partial charge on any atom is 0.127 e. The molecule has 0 aliphatic rings. The zero-order valence-corrected chi connectivity index (χ0v) is 15.9. The maximum atomic E-state index is 6.17. The molecule has 2 nitrogen and oxygen atoms in total. The highest BCUT2D eigenvalue weighted by Crippen LogP contribution is 2.27. The van der Waals surface area contributed by atoms with Crippen molar-refractivity contribution in [2.24, 2.45) is 0 Å².